The first-order chi connectivity index (χ1) is 6.25. The summed E-state index contributed by atoms with van der Waals surface area (Å²) in [6.07, 6.45) is 0. The van der Waals surface area contributed by atoms with Gasteiger partial charge in [-0.2, -0.15) is 0 Å². The molecule has 1 amide bonds. The van der Waals surface area contributed by atoms with Crippen molar-refractivity contribution in [3.05, 3.63) is 0 Å². The number of morpholine rings is 1. The molecular weight excluding hydrogens is 170 g/mol. The molecular formula is C9H17NO3. The smallest absolute Gasteiger partial charge is 0.248 e. The molecule has 1 saturated heterocycles. The Morgan fingerprint density at radius 3 is 3.08 bits per heavy atom. The van der Waals surface area contributed by atoms with Crippen molar-refractivity contribution in [2.75, 3.05) is 33.0 Å². The molecule has 4 nitrogen and oxygen atoms in total. The first-order valence-corrected chi connectivity index (χ1v) is 4.70. The lowest BCUT2D eigenvalue weighted by molar-refractivity contribution is -0.143. The molecule has 0 aromatic heterocycles. The van der Waals surface area contributed by atoms with Crippen LogP contribution in [0.5, 0.6) is 0 Å². The highest BCUT2D eigenvalue weighted by atomic mass is 16.5. The second kappa shape index (κ2) is 5.19. The maximum absolute atomic E-state index is 11.5. The largest absolute Gasteiger partial charge is 0.377 e. The van der Waals surface area contributed by atoms with Crippen molar-refractivity contribution in [2.45, 2.75) is 19.9 Å². The van der Waals surface area contributed by atoms with E-state index in [1.54, 1.807) is 0 Å². The highest BCUT2D eigenvalue weighted by Gasteiger charge is 2.23. The van der Waals surface area contributed by atoms with E-state index in [2.05, 4.69) is 0 Å². The van der Waals surface area contributed by atoms with Crippen molar-refractivity contribution < 1.29 is 14.3 Å². The number of hydrogen-bond acceptors (Lipinski definition) is 3. The minimum absolute atomic E-state index is 0.0673. The standard InChI is InChI=1S/C9H17NO3/c1-3-12-7-9(11)10-4-5-13-6-8(10)2/h8H,3-7H2,1-2H3/t8-/m1/s1. The molecule has 76 valence electrons. The van der Waals surface area contributed by atoms with E-state index in [9.17, 15) is 4.79 Å². The van der Waals surface area contributed by atoms with Crippen LogP contribution in [0, 0.1) is 0 Å². The molecule has 1 atom stereocenters. The number of rotatable bonds is 3. The summed E-state index contributed by atoms with van der Waals surface area (Å²) in [6.45, 7) is 6.62. The summed E-state index contributed by atoms with van der Waals surface area (Å²) in [5.74, 6) is 0.0673. The number of carbonyl (C=O) groups excluding carboxylic acids is 1. The van der Waals surface area contributed by atoms with Crippen LogP contribution in [0.2, 0.25) is 0 Å². The van der Waals surface area contributed by atoms with Gasteiger partial charge in [-0.25, -0.2) is 0 Å². The molecule has 0 bridgehead atoms. The van der Waals surface area contributed by atoms with Gasteiger partial charge in [0, 0.05) is 13.2 Å². The fourth-order valence-electron chi connectivity index (χ4n) is 1.37. The third-order valence-corrected chi connectivity index (χ3v) is 2.12. The highest BCUT2D eigenvalue weighted by Crippen LogP contribution is 2.06. The SMILES string of the molecule is CCOCC(=O)N1CCOC[C@H]1C. The lowest BCUT2D eigenvalue weighted by Gasteiger charge is -2.33. The van der Waals surface area contributed by atoms with Crippen LogP contribution in [-0.4, -0.2) is 49.8 Å². The number of nitrogens with zero attached hydrogens (tertiary/aromatic N) is 1. The van der Waals surface area contributed by atoms with Crippen molar-refractivity contribution >= 4 is 5.91 Å². The summed E-state index contributed by atoms with van der Waals surface area (Å²) in [7, 11) is 0. The van der Waals surface area contributed by atoms with Gasteiger partial charge in [-0.3, -0.25) is 4.79 Å². The molecule has 1 aliphatic rings. The molecule has 0 saturated carbocycles. The zero-order valence-electron chi connectivity index (χ0n) is 8.28. The Balaban J connectivity index is 2.35. The zero-order chi connectivity index (χ0) is 9.68. The highest BCUT2D eigenvalue weighted by molar-refractivity contribution is 5.77. The Bertz CT molecular complexity index is 172. The minimum Gasteiger partial charge on any atom is -0.377 e. The summed E-state index contributed by atoms with van der Waals surface area (Å²) in [5.41, 5.74) is 0. The quantitative estimate of drug-likeness (QED) is 0.636. The lowest BCUT2D eigenvalue weighted by Crippen LogP contribution is -2.48. The van der Waals surface area contributed by atoms with Gasteiger partial charge in [-0.05, 0) is 13.8 Å². The molecule has 1 aliphatic heterocycles. The van der Waals surface area contributed by atoms with Crippen molar-refractivity contribution in [1.82, 2.24) is 4.90 Å². The molecule has 1 fully saturated rings. The average molecular weight is 187 g/mol. The van der Waals surface area contributed by atoms with Crippen LogP contribution in [0.25, 0.3) is 0 Å². The minimum atomic E-state index is 0.0673. The normalized spacial score (nSPS) is 23.2. The van der Waals surface area contributed by atoms with E-state index in [4.69, 9.17) is 9.47 Å². The Morgan fingerprint density at radius 1 is 1.69 bits per heavy atom. The Labute approximate surface area is 78.8 Å². The van der Waals surface area contributed by atoms with Crippen molar-refractivity contribution in [3.8, 4) is 0 Å². The summed E-state index contributed by atoms with van der Waals surface area (Å²) >= 11 is 0. The number of ether oxygens (including phenoxy) is 2. The van der Waals surface area contributed by atoms with E-state index in [0.717, 1.165) is 0 Å². The van der Waals surface area contributed by atoms with Crippen LogP contribution in [0.4, 0.5) is 0 Å². The third kappa shape index (κ3) is 2.97. The van der Waals surface area contributed by atoms with Gasteiger partial charge in [0.25, 0.3) is 0 Å². The van der Waals surface area contributed by atoms with Crippen LogP contribution >= 0.6 is 0 Å². The molecule has 1 rings (SSSR count). The van der Waals surface area contributed by atoms with Gasteiger partial charge in [-0.15, -0.1) is 0 Å². The number of amides is 1. The number of carbonyl (C=O) groups is 1. The average Bonchev–Trinajstić information content (AvgIpc) is 2.15. The maximum Gasteiger partial charge on any atom is 0.248 e. The van der Waals surface area contributed by atoms with Gasteiger partial charge < -0.3 is 14.4 Å². The van der Waals surface area contributed by atoms with Gasteiger partial charge >= 0.3 is 0 Å². The topological polar surface area (TPSA) is 38.8 Å². The predicted octanol–water partition coefficient (Wildman–Crippen LogP) is 0.270. The monoisotopic (exact) mass is 187 g/mol. The van der Waals surface area contributed by atoms with Crippen molar-refractivity contribution in [3.63, 3.8) is 0 Å². The van der Waals surface area contributed by atoms with Crippen LogP contribution in [-0.2, 0) is 14.3 Å². The summed E-state index contributed by atoms with van der Waals surface area (Å²) in [4.78, 5) is 13.3. The van der Waals surface area contributed by atoms with E-state index in [1.807, 2.05) is 18.7 Å². The predicted molar refractivity (Wildman–Crippen MR) is 48.5 cm³/mol. The van der Waals surface area contributed by atoms with Gasteiger partial charge in [0.1, 0.15) is 6.61 Å². The second-order valence-corrected chi connectivity index (χ2v) is 3.15. The molecule has 13 heavy (non-hydrogen) atoms. The molecule has 0 aromatic rings. The third-order valence-electron chi connectivity index (χ3n) is 2.12. The lowest BCUT2D eigenvalue weighted by atomic mass is 10.2. The van der Waals surface area contributed by atoms with Crippen LogP contribution in [0.1, 0.15) is 13.8 Å². The summed E-state index contributed by atoms with van der Waals surface area (Å²) in [5, 5.41) is 0. The summed E-state index contributed by atoms with van der Waals surface area (Å²) in [6, 6.07) is 0.182. The first-order valence-electron chi connectivity index (χ1n) is 4.70. The zero-order valence-corrected chi connectivity index (χ0v) is 8.28. The summed E-state index contributed by atoms with van der Waals surface area (Å²) < 4.78 is 10.3. The van der Waals surface area contributed by atoms with Crippen LogP contribution in [0.15, 0.2) is 0 Å². The van der Waals surface area contributed by atoms with Gasteiger partial charge in [0.15, 0.2) is 0 Å². The Morgan fingerprint density at radius 2 is 2.46 bits per heavy atom. The van der Waals surface area contributed by atoms with E-state index in [0.29, 0.717) is 26.4 Å². The molecule has 0 spiro atoms. The molecule has 0 unspecified atom stereocenters. The maximum atomic E-state index is 11.5. The fourth-order valence-corrected chi connectivity index (χ4v) is 1.37. The van der Waals surface area contributed by atoms with Gasteiger partial charge in [0.2, 0.25) is 5.91 Å². The number of hydrogen-bond donors (Lipinski definition) is 0. The molecule has 4 heteroatoms. The molecule has 0 aromatic carbocycles. The first kappa shape index (κ1) is 10.5. The van der Waals surface area contributed by atoms with Crippen LogP contribution < -0.4 is 0 Å². The van der Waals surface area contributed by atoms with Crippen molar-refractivity contribution in [2.24, 2.45) is 0 Å². The molecule has 0 radical (unpaired) electrons. The van der Waals surface area contributed by atoms with E-state index in [-0.39, 0.29) is 18.6 Å². The molecule has 1 heterocycles. The van der Waals surface area contributed by atoms with Crippen LogP contribution in [0.3, 0.4) is 0 Å². The van der Waals surface area contributed by atoms with Gasteiger partial charge in [0.05, 0.1) is 19.3 Å². The second-order valence-electron chi connectivity index (χ2n) is 3.15. The van der Waals surface area contributed by atoms with Gasteiger partial charge in [-0.1, -0.05) is 0 Å². The Kier molecular flexibility index (Phi) is 4.18. The van der Waals surface area contributed by atoms with E-state index >= 15 is 0 Å². The molecule has 0 aliphatic carbocycles. The van der Waals surface area contributed by atoms with Crippen molar-refractivity contribution in [1.29, 1.82) is 0 Å². The molecule has 0 N–H and O–H groups in total. The fraction of sp³-hybridized carbons (Fsp3) is 0.889. The van der Waals surface area contributed by atoms with E-state index < -0.39 is 0 Å². The Hall–Kier alpha value is -0.610. The van der Waals surface area contributed by atoms with E-state index in [1.165, 1.54) is 0 Å².